The molecule has 0 aliphatic heterocycles. The van der Waals surface area contributed by atoms with Gasteiger partial charge < -0.3 is 10.3 Å². The van der Waals surface area contributed by atoms with Crippen molar-refractivity contribution in [2.45, 2.75) is 19.8 Å². The van der Waals surface area contributed by atoms with E-state index < -0.39 is 11.7 Å². The van der Waals surface area contributed by atoms with Crippen LogP contribution >= 0.6 is 0 Å². The molecule has 1 amide bonds. The van der Waals surface area contributed by atoms with Gasteiger partial charge in [-0.15, -0.1) is 0 Å². The van der Waals surface area contributed by atoms with E-state index in [4.69, 9.17) is 0 Å². The predicted molar refractivity (Wildman–Crippen MR) is 84.5 cm³/mol. The third kappa shape index (κ3) is 2.70. The second-order valence-electron chi connectivity index (χ2n) is 5.44. The van der Waals surface area contributed by atoms with Crippen molar-refractivity contribution in [3.8, 4) is 0 Å². The van der Waals surface area contributed by atoms with Gasteiger partial charge in [0.05, 0.1) is 16.6 Å². The number of carbonyl (C=O) groups excluding carboxylic acids is 1. The minimum atomic E-state index is -0.537. The summed E-state index contributed by atoms with van der Waals surface area (Å²) in [5.41, 5.74) is 2.30. The Balaban J connectivity index is 1.88. The van der Waals surface area contributed by atoms with Crippen molar-refractivity contribution in [1.29, 1.82) is 0 Å². The van der Waals surface area contributed by atoms with Crippen LogP contribution in [0.15, 0.2) is 42.5 Å². The van der Waals surface area contributed by atoms with E-state index in [1.807, 2.05) is 6.07 Å². The first-order valence-electron chi connectivity index (χ1n) is 7.10. The van der Waals surface area contributed by atoms with Crippen molar-refractivity contribution < 1.29 is 9.18 Å². The molecule has 2 N–H and O–H groups in total. The Morgan fingerprint density at radius 3 is 2.73 bits per heavy atom. The maximum Gasteiger partial charge on any atom is 0.258 e. The average Bonchev–Trinajstić information content (AvgIpc) is 2.91. The summed E-state index contributed by atoms with van der Waals surface area (Å²) in [4.78, 5) is 19.8. The Labute approximate surface area is 127 Å². The molecular formula is C17H16FN3O. The number of carbonyl (C=O) groups is 1. The fourth-order valence-corrected chi connectivity index (χ4v) is 2.22. The summed E-state index contributed by atoms with van der Waals surface area (Å²) in [5, 5.41) is 2.70. The molecule has 0 aliphatic carbocycles. The van der Waals surface area contributed by atoms with Crippen LogP contribution in [0.25, 0.3) is 11.0 Å². The number of halogens is 1. The maximum atomic E-state index is 13.6. The fourth-order valence-electron chi connectivity index (χ4n) is 2.22. The lowest BCUT2D eigenvalue weighted by molar-refractivity contribution is 0.102. The highest BCUT2D eigenvalue weighted by Crippen LogP contribution is 2.21. The molecule has 2 aromatic carbocycles. The number of nitrogens with zero attached hydrogens (tertiary/aromatic N) is 1. The first-order chi connectivity index (χ1) is 10.5. The van der Waals surface area contributed by atoms with Crippen LogP contribution in [0.1, 0.15) is 35.9 Å². The third-order valence-electron chi connectivity index (χ3n) is 3.42. The smallest absolute Gasteiger partial charge is 0.258 e. The lowest BCUT2D eigenvalue weighted by atomic mass is 10.2. The van der Waals surface area contributed by atoms with Gasteiger partial charge in [0.25, 0.3) is 5.91 Å². The van der Waals surface area contributed by atoms with Crippen molar-refractivity contribution >= 4 is 22.6 Å². The van der Waals surface area contributed by atoms with E-state index in [9.17, 15) is 9.18 Å². The maximum absolute atomic E-state index is 13.6. The van der Waals surface area contributed by atoms with Gasteiger partial charge in [-0.1, -0.05) is 26.0 Å². The first-order valence-corrected chi connectivity index (χ1v) is 7.10. The molecule has 0 atom stereocenters. The van der Waals surface area contributed by atoms with Crippen LogP contribution in [0.4, 0.5) is 10.1 Å². The minimum absolute atomic E-state index is 0.0232. The summed E-state index contributed by atoms with van der Waals surface area (Å²) in [5.74, 6) is 0.183. The molecule has 0 fully saturated rings. The number of amides is 1. The molecule has 5 heteroatoms. The molecule has 1 aromatic heterocycles. The molecule has 0 saturated heterocycles. The second-order valence-corrected chi connectivity index (χ2v) is 5.44. The molecule has 0 aliphatic rings. The number of aromatic nitrogens is 2. The van der Waals surface area contributed by atoms with Crippen molar-refractivity contribution in [2.24, 2.45) is 0 Å². The largest absolute Gasteiger partial charge is 0.342 e. The number of rotatable bonds is 3. The Bertz CT molecular complexity index is 839. The Morgan fingerprint density at radius 2 is 2.00 bits per heavy atom. The Kier molecular flexibility index (Phi) is 3.63. The third-order valence-corrected chi connectivity index (χ3v) is 3.42. The fraction of sp³-hybridized carbons (Fsp3) is 0.176. The molecule has 0 saturated carbocycles. The molecule has 0 unspecified atom stereocenters. The Morgan fingerprint density at radius 1 is 1.23 bits per heavy atom. The number of benzene rings is 2. The summed E-state index contributed by atoms with van der Waals surface area (Å²) in [6.07, 6.45) is 0. The van der Waals surface area contributed by atoms with Crippen molar-refractivity contribution in [3.63, 3.8) is 0 Å². The number of fused-ring (bicyclic) bond motifs is 1. The monoisotopic (exact) mass is 297 g/mol. The molecular weight excluding hydrogens is 281 g/mol. The van der Waals surface area contributed by atoms with Gasteiger partial charge in [0, 0.05) is 11.6 Å². The highest BCUT2D eigenvalue weighted by atomic mass is 19.1. The average molecular weight is 297 g/mol. The lowest BCUT2D eigenvalue weighted by Gasteiger charge is -2.05. The van der Waals surface area contributed by atoms with E-state index >= 15 is 0 Å². The van der Waals surface area contributed by atoms with Crippen molar-refractivity contribution in [3.05, 3.63) is 59.7 Å². The van der Waals surface area contributed by atoms with Crippen LogP contribution in [0, 0.1) is 5.82 Å². The number of imidazole rings is 1. The summed E-state index contributed by atoms with van der Waals surface area (Å²) < 4.78 is 13.6. The second kappa shape index (κ2) is 5.60. The van der Waals surface area contributed by atoms with E-state index in [2.05, 4.69) is 29.1 Å². The lowest BCUT2D eigenvalue weighted by Crippen LogP contribution is -2.13. The molecule has 1 heterocycles. The van der Waals surface area contributed by atoms with Crippen LogP contribution in [0.5, 0.6) is 0 Å². The molecule has 3 rings (SSSR count). The van der Waals surface area contributed by atoms with Crippen LogP contribution < -0.4 is 5.32 Å². The van der Waals surface area contributed by atoms with Gasteiger partial charge in [-0.2, -0.15) is 0 Å². The van der Waals surface area contributed by atoms with Crippen LogP contribution in [-0.2, 0) is 0 Å². The normalized spacial score (nSPS) is 11.1. The molecule has 22 heavy (non-hydrogen) atoms. The number of hydrogen-bond acceptors (Lipinski definition) is 2. The quantitative estimate of drug-likeness (QED) is 0.765. The zero-order valence-corrected chi connectivity index (χ0v) is 12.4. The summed E-state index contributed by atoms with van der Waals surface area (Å²) >= 11 is 0. The molecule has 0 bridgehead atoms. The van der Waals surface area contributed by atoms with Gasteiger partial charge in [-0.05, 0) is 30.3 Å². The van der Waals surface area contributed by atoms with Gasteiger partial charge in [-0.25, -0.2) is 9.37 Å². The van der Waals surface area contributed by atoms with Gasteiger partial charge in [-0.3, -0.25) is 4.79 Å². The van der Waals surface area contributed by atoms with Gasteiger partial charge in [0.1, 0.15) is 11.6 Å². The van der Waals surface area contributed by atoms with Gasteiger partial charge in [0.2, 0.25) is 0 Å². The van der Waals surface area contributed by atoms with E-state index in [1.165, 1.54) is 12.1 Å². The summed E-state index contributed by atoms with van der Waals surface area (Å²) in [6, 6.07) is 11.3. The van der Waals surface area contributed by atoms with E-state index in [-0.39, 0.29) is 5.56 Å². The van der Waals surface area contributed by atoms with Gasteiger partial charge >= 0.3 is 0 Å². The standard InChI is InChI=1S/C17H16FN3O/c1-10(2)16-20-14-8-7-11(9-15(14)21-16)19-17(22)12-5-3-4-6-13(12)18/h3-10H,1-2H3,(H,19,22)(H,20,21). The topological polar surface area (TPSA) is 57.8 Å². The SMILES string of the molecule is CC(C)c1nc2ccc(NC(=O)c3ccccc3F)cc2[nH]1. The van der Waals surface area contributed by atoms with Crippen LogP contribution in [0.3, 0.4) is 0 Å². The molecule has 0 spiro atoms. The zero-order valence-electron chi connectivity index (χ0n) is 12.4. The zero-order chi connectivity index (χ0) is 15.7. The molecule has 112 valence electrons. The van der Waals surface area contributed by atoms with E-state index in [1.54, 1.807) is 24.3 Å². The Hall–Kier alpha value is -2.69. The van der Waals surface area contributed by atoms with E-state index in [0.29, 0.717) is 11.6 Å². The number of H-pyrrole nitrogens is 1. The number of nitrogens with one attached hydrogen (secondary N) is 2. The first kappa shape index (κ1) is 14.3. The molecule has 4 nitrogen and oxygen atoms in total. The van der Waals surface area contributed by atoms with E-state index in [0.717, 1.165) is 16.9 Å². The number of anilines is 1. The summed E-state index contributed by atoms with van der Waals surface area (Å²) in [6.45, 7) is 4.11. The van der Waals surface area contributed by atoms with Crippen LogP contribution in [-0.4, -0.2) is 15.9 Å². The van der Waals surface area contributed by atoms with Crippen LogP contribution in [0.2, 0.25) is 0 Å². The highest BCUT2D eigenvalue weighted by Gasteiger charge is 2.12. The highest BCUT2D eigenvalue weighted by molar-refractivity contribution is 6.05. The van der Waals surface area contributed by atoms with Gasteiger partial charge in [0.15, 0.2) is 0 Å². The predicted octanol–water partition coefficient (Wildman–Crippen LogP) is 4.08. The summed E-state index contributed by atoms with van der Waals surface area (Å²) in [7, 11) is 0. The van der Waals surface area contributed by atoms with Crippen molar-refractivity contribution in [2.75, 3.05) is 5.32 Å². The molecule has 3 aromatic rings. The van der Waals surface area contributed by atoms with Crippen molar-refractivity contribution in [1.82, 2.24) is 9.97 Å². The number of aromatic amines is 1. The molecule has 0 radical (unpaired) electrons. The number of hydrogen-bond donors (Lipinski definition) is 2. The minimum Gasteiger partial charge on any atom is -0.342 e.